The summed E-state index contributed by atoms with van der Waals surface area (Å²) in [6.07, 6.45) is 0.509. The Morgan fingerprint density at radius 2 is 2.00 bits per heavy atom. The fourth-order valence-electron chi connectivity index (χ4n) is 4.56. The molecule has 0 radical (unpaired) electrons. The summed E-state index contributed by atoms with van der Waals surface area (Å²) in [7, 11) is 3.09. The maximum absolute atomic E-state index is 13.6. The van der Waals surface area contributed by atoms with E-state index in [-0.39, 0.29) is 23.8 Å². The van der Waals surface area contributed by atoms with Crippen molar-refractivity contribution in [3.05, 3.63) is 47.0 Å². The number of nitrogens with one attached hydrogen (secondary N) is 3. The van der Waals surface area contributed by atoms with Crippen molar-refractivity contribution < 1.29 is 19.1 Å². The van der Waals surface area contributed by atoms with Crippen molar-refractivity contribution in [2.45, 2.75) is 31.8 Å². The molecule has 31 heavy (non-hydrogen) atoms. The Labute approximate surface area is 186 Å². The van der Waals surface area contributed by atoms with Gasteiger partial charge in [0.1, 0.15) is 17.0 Å². The highest BCUT2D eigenvalue weighted by atomic mass is 35.5. The standard InChI is InChI=1S/C23H26ClN3O4/c1-12(2)17-11-15(21(28)25-18-10-13(30-3)8-9-19(18)31-4)23(27-17)14-6-5-7-16(24)20(14)26-22(23)29/h5-10,12,15,17,27H,11H2,1-4H3,(H,25,28)(H,26,29). The highest BCUT2D eigenvalue weighted by molar-refractivity contribution is 6.35. The first-order chi connectivity index (χ1) is 14.8. The molecule has 1 fully saturated rings. The lowest BCUT2D eigenvalue weighted by molar-refractivity contribution is -0.130. The maximum Gasteiger partial charge on any atom is 0.250 e. The third-order valence-corrected chi connectivity index (χ3v) is 6.56. The van der Waals surface area contributed by atoms with Gasteiger partial charge in [0.25, 0.3) is 0 Å². The number of methoxy groups -OCH3 is 2. The van der Waals surface area contributed by atoms with E-state index in [1.165, 1.54) is 7.11 Å². The molecule has 8 heteroatoms. The van der Waals surface area contributed by atoms with Crippen LogP contribution >= 0.6 is 11.6 Å². The van der Waals surface area contributed by atoms with Crippen molar-refractivity contribution in [1.29, 1.82) is 0 Å². The number of para-hydroxylation sites is 1. The van der Waals surface area contributed by atoms with E-state index in [0.717, 1.165) is 0 Å². The van der Waals surface area contributed by atoms with Crippen molar-refractivity contribution in [3.8, 4) is 11.5 Å². The van der Waals surface area contributed by atoms with Gasteiger partial charge < -0.3 is 20.1 Å². The topological polar surface area (TPSA) is 88.7 Å². The first kappa shape index (κ1) is 21.5. The number of rotatable bonds is 5. The minimum atomic E-state index is -1.19. The van der Waals surface area contributed by atoms with Gasteiger partial charge in [0, 0.05) is 17.7 Å². The van der Waals surface area contributed by atoms with Crippen molar-refractivity contribution in [3.63, 3.8) is 0 Å². The van der Waals surface area contributed by atoms with Crippen LogP contribution in [0, 0.1) is 11.8 Å². The number of carbonyl (C=O) groups is 2. The summed E-state index contributed by atoms with van der Waals surface area (Å²) in [6.45, 7) is 4.14. The van der Waals surface area contributed by atoms with E-state index < -0.39 is 11.5 Å². The van der Waals surface area contributed by atoms with Gasteiger partial charge in [0.05, 0.1) is 36.5 Å². The zero-order valence-corrected chi connectivity index (χ0v) is 18.7. The van der Waals surface area contributed by atoms with Gasteiger partial charge in [-0.1, -0.05) is 37.6 Å². The Morgan fingerprint density at radius 1 is 1.23 bits per heavy atom. The molecule has 0 saturated carbocycles. The second-order valence-electron chi connectivity index (χ2n) is 8.26. The van der Waals surface area contributed by atoms with E-state index in [2.05, 4.69) is 29.8 Å². The summed E-state index contributed by atoms with van der Waals surface area (Å²) < 4.78 is 10.7. The smallest absolute Gasteiger partial charge is 0.250 e. The number of halogens is 1. The Morgan fingerprint density at radius 3 is 2.68 bits per heavy atom. The van der Waals surface area contributed by atoms with Crippen molar-refractivity contribution in [2.75, 3.05) is 24.9 Å². The van der Waals surface area contributed by atoms with E-state index in [1.807, 2.05) is 6.07 Å². The molecule has 2 amide bonds. The molecule has 164 valence electrons. The molecule has 2 aromatic carbocycles. The molecule has 2 heterocycles. The van der Waals surface area contributed by atoms with Crippen molar-refractivity contribution >= 4 is 34.8 Å². The highest BCUT2D eigenvalue weighted by Gasteiger charge is 2.60. The van der Waals surface area contributed by atoms with Crippen LogP contribution < -0.4 is 25.4 Å². The molecule has 3 unspecified atom stereocenters. The molecule has 0 aromatic heterocycles. The summed E-state index contributed by atoms with van der Waals surface area (Å²) >= 11 is 6.35. The lowest BCUT2D eigenvalue weighted by atomic mass is 9.79. The number of hydrogen-bond acceptors (Lipinski definition) is 5. The number of fused-ring (bicyclic) bond motifs is 2. The molecular formula is C23H26ClN3O4. The Bertz CT molecular complexity index is 1040. The average Bonchev–Trinajstić information content (AvgIpc) is 3.29. The lowest BCUT2D eigenvalue weighted by Crippen LogP contribution is -2.52. The van der Waals surface area contributed by atoms with Gasteiger partial charge in [0.15, 0.2) is 0 Å². The molecule has 1 saturated heterocycles. The molecule has 0 bridgehead atoms. The first-order valence-electron chi connectivity index (χ1n) is 10.2. The Hall–Kier alpha value is -2.77. The predicted octanol–water partition coefficient (Wildman–Crippen LogP) is 3.78. The number of amides is 2. The van der Waals surface area contributed by atoms with Gasteiger partial charge in [-0.15, -0.1) is 0 Å². The zero-order valence-electron chi connectivity index (χ0n) is 17.9. The second-order valence-corrected chi connectivity index (χ2v) is 8.67. The molecule has 2 aliphatic heterocycles. The van der Waals surface area contributed by atoms with E-state index in [1.54, 1.807) is 37.4 Å². The highest BCUT2D eigenvalue weighted by Crippen LogP contribution is 2.50. The summed E-state index contributed by atoms with van der Waals surface area (Å²) in [4.78, 5) is 26.9. The van der Waals surface area contributed by atoms with E-state index in [0.29, 0.717) is 39.9 Å². The van der Waals surface area contributed by atoms with Gasteiger partial charge in [-0.05, 0) is 30.5 Å². The SMILES string of the molecule is COc1ccc(OC)c(NC(=O)C2CC(C(C)C)NC23C(=O)Nc2c(Cl)cccc23)c1. The number of benzene rings is 2. The fraction of sp³-hybridized carbons (Fsp3) is 0.391. The summed E-state index contributed by atoms with van der Waals surface area (Å²) in [5, 5.41) is 9.78. The molecule has 2 aliphatic rings. The van der Waals surface area contributed by atoms with Crippen LogP contribution in [0.5, 0.6) is 11.5 Å². The maximum atomic E-state index is 13.6. The third-order valence-electron chi connectivity index (χ3n) is 6.25. The van der Waals surface area contributed by atoms with Crippen LogP contribution in [-0.2, 0) is 15.1 Å². The second kappa shape index (κ2) is 8.05. The number of anilines is 2. The molecule has 2 aromatic rings. The largest absolute Gasteiger partial charge is 0.497 e. The van der Waals surface area contributed by atoms with Crippen molar-refractivity contribution in [1.82, 2.24) is 5.32 Å². The molecular weight excluding hydrogens is 418 g/mol. The zero-order chi connectivity index (χ0) is 22.3. The summed E-state index contributed by atoms with van der Waals surface area (Å²) in [5.41, 5.74) is 0.555. The quantitative estimate of drug-likeness (QED) is 0.654. The van der Waals surface area contributed by atoms with Crippen LogP contribution in [0.4, 0.5) is 11.4 Å². The monoisotopic (exact) mass is 443 g/mol. The van der Waals surface area contributed by atoms with Crippen molar-refractivity contribution in [2.24, 2.45) is 11.8 Å². The van der Waals surface area contributed by atoms with Crippen LogP contribution in [0.25, 0.3) is 0 Å². The average molecular weight is 444 g/mol. The molecule has 0 aliphatic carbocycles. The molecule has 4 rings (SSSR count). The van der Waals surface area contributed by atoms with Crippen LogP contribution in [0.15, 0.2) is 36.4 Å². The Kier molecular flexibility index (Phi) is 5.58. The van der Waals surface area contributed by atoms with Crippen LogP contribution in [-0.4, -0.2) is 32.1 Å². The van der Waals surface area contributed by atoms with Crippen LogP contribution in [0.1, 0.15) is 25.8 Å². The van der Waals surface area contributed by atoms with Gasteiger partial charge in [-0.3, -0.25) is 14.9 Å². The molecule has 1 spiro atoms. The fourth-order valence-corrected chi connectivity index (χ4v) is 4.78. The normalized spacial score (nSPS) is 24.3. The minimum absolute atomic E-state index is 0.0152. The first-order valence-corrected chi connectivity index (χ1v) is 10.6. The molecule has 3 atom stereocenters. The van der Waals surface area contributed by atoms with Crippen LogP contribution in [0.3, 0.4) is 0 Å². The van der Waals surface area contributed by atoms with Crippen LogP contribution in [0.2, 0.25) is 5.02 Å². The molecule has 3 N–H and O–H groups in total. The minimum Gasteiger partial charge on any atom is -0.497 e. The third kappa shape index (κ3) is 3.42. The van der Waals surface area contributed by atoms with Gasteiger partial charge in [-0.2, -0.15) is 0 Å². The number of carbonyl (C=O) groups excluding carboxylic acids is 2. The number of hydrogen-bond donors (Lipinski definition) is 3. The summed E-state index contributed by atoms with van der Waals surface area (Å²) in [6, 6.07) is 10.5. The summed E-state index contributed by atoms with van der Waals surface area (Å²) in [5.74, 6) is 0.148. The van der Waals surface area contributed by atoms with E-state index in [4.69, 9.17) is 21.1 Å². The van der Waals surface area contributed by atoms with E-state index in [9.17, 15) is 9.59 Å². The predicted molar refractivity (Wildman–Crippen MR) is 120 cm³/mol. The van der Waals surface area contributed by atoms with Gasteiger partial charge in [-0.25, -0.2) is 0 Å². The van der Waals surface area contributed by atoms with E-state index >= 15 is 0 Å². The van der Waals surface area contributed by atoms with Gasteiger partial charge in [0.2, 0.25) is 11.8 Å². The number of ether oxygens (including phenoxy) is 2. The van der Waals surface area contributed by atoms with Gasteiger partial charge >= 0.3 is 0 Å². The molecule has 7 nitrogen and oxygen atoms in total. The lowest BCUT2D eigenvalue weighted by Gasteiger charge is -2.29. The Balaban J connectivity index is 1.76.